The first-order valence-corrected chi connectivity index (χ1v) is 6.93. The number of Topliss-reactive ketones (excluding diaryl/α,β-unsaturated/α-hetero) is 2. The van der Waals surface area contributed by atoms with Crippen molar-refractivity contribution >= 4 is 33.1 Å². The highest BCUT2D eigenvalue weighted by atomic mass is 32.1. The summed E-state index contributed by atoms with van der Waals surface area (Å²) in [5.74, 6) is 0.283. The van der Waals surface area contributed by atoms with Crippen LogP contribution in [0.2, 0.25) is 0 Å². The van der Waals surface area contributed by atoms with Crippen LogP contribution in [0.1, 0.15) is 23.9 Å². The van der Waals surface area contributed by atoms with Gasteiger partial charge >= 0.3 is 0 Å². The number of fused-ring (bicyclic) bond motifs is 1. The number of carbonyl (C=O) groups excluding carboxylic acids is 2. The highest BCUT2D eigenvalue weighted by Gasteiger charge is 2.16. The number of nitrogens with zero attached hydrogens (tertiary/aromatic N) is 1. The fourth-order valence-corrected chi connectivity index (χ4v) is 2.82. The lowest BCUT2D eigenvalue weighted by atomic mass is 10.2. The fourth-order valence-electron chi connectivity index (χ4n) is 1.89. The van der Waals surface area contributed by atoms with E-state index in [1.807, 2.05) is 24.3 Å². The molecule has 5 heteroatoms. The first-order valence-electron chi connectivity index (χ1n) is 6.12. The molecule has 20 heavy (non-hydrogen) atoms. The quantitative estimate of drug-likeness (QED) is 0.541. The molecule has 2 heterocycles. The normalized spacial score (nSPS) is 10.8. The smallest absolute Gasteiger partial charge is 0.205 e. The Morgan fingerprint density at radius 3 is 2.75 bits per heavy atom. The standard InChI is InChI=1S/C15H11NO3S/c1-9(17)8-11(18)12-6-7-13(19-12)15-16-10-4-2-3-5-14(10)20-15/h2-7H,8H2,1H3. The van der Waals surface area contributed by atoms with E-state index < -0.39 is 0 Å². The minimum absolute atomic E-state index is 0.132. The van der Waals surface area contributed by atoms with Gasteiger partial charge in [-0.15, -0.1) is 11.3 Å². The molecule has 0 aliphatic rings. The molecule has 0 unspecified atom stereocenters. The third-order valence-electron chi connectivity index (χ3n) is 2.79. The molecule has 1 aromatic carbocycles. The molecule has 3 aromatic rings. The van der Waals surface area contributed by atoms with Gasteiger partial charge in [-0.05, 0) is 31.2 Å². The highest BCUT2D eigenvalue weighted by Crippen LogP contribution is 2.31. The first-order chi connectivity index (χ1) is 9.63. The van der Waals surface area contributed by atoms with Gasteiger partial charge in [0.15, 0.2) is 16.5 Å². The van der Waals surface area contributed by atoms with Crippen LogP contribution in [0, 0.1) is 0 Å². The number of hydrogen-bond donors (Lipinski definition) is 0. The molecule has 2 aromatic heterocycles. The van der Waals surface area contributed by atoms with E-state index in [4.69, 9.17) is 4.42 Å². The predicted octanol–water partition coefficient (Wildman–Crippen LogP) is 3.72. The van der Waals surface area contributed by atoms with Crippen LogP contribution in [0.25, 0.3) is 21.0 Å². The topological polar surface area (TPSA) is 60.2 Å². The van der Waals surface area contributed by atoms with Gasteiger partial charge in [0, 0.05) is 0 Å². The average molecular weight is 285 g/mol. The van der Waals surface area contributed by atoms with Crippen LogP contribution < -0.4 is 0 Å². The molecule has 100 valence electrons. The third kappa shape index (κ3) is 2.40. The zero-order valence-electron chi connectivity index (χ0n) is 10.8. The molecule has 3 rings (SSSR count). The average Bonchev–Trinajstić information content (AvgIpc) is 3.04. The predicted molar refractivity (Wildman–Crippen MR) is 77.0 cm³/mol. The molecule has 0 aliphatic carbocycles. The molecule has 0 amide bonds. The minimum Gasteiger partial charge on any atom is -0.450 e. The second kappa shape index (κ2) is 5.02. The molecular formula is C15H11NO3S. The molecule has 0 radical (unpaired) electrons. The van der Waals surface area contributed by atoms with Crippen molar-refractivity contribution in [2.45, 2.75) is 13.3 Å². The Hall–Kier alpha value is -2.27. The van der Waals surface area contributed by atoms with Gasteiger partial charge in [0.05, 0.1) is 16.6 Å². The summed E-state index contributed by atoms with van der Waals surface area (Å²) >= 11 is 1.51. The number of para-hydroxylation sites is 1. The number of hydrogen-bond acceptors (Lipinski definition) is 5. The van der Waals surface area contributed by atoms with Crippen LogP contribution in [-0.2, 0) is 4.79 Å². The van der Waals surface area contributed by atoms with Crippen LogP contribution in [0.5, 0.6) is 0 Å². The summed E-state index contributed by atoms with van der Waals surface area (Å²) in [6.45, 7) is 1.38. The third-order valence-corrected chi connectivity index (χ3v) is 3.85. The van der Waals surface area contributed by atoms with E-state index in [1.165, 1.54) is 18.3 Å². The summed E-state index contributed by atoms with van der Waals surface area (Å²) in [5.41, 5.74) is 0.903. The van der Waals surface area contributed by atoms with Gasteiger partial charge in [0.1, 0.15) is 5.78 Å². The van der Waals surface area contributed by atoms with Crippen LogP contribution in [-0.4, -0.2) is 16.6 Å². The Kier molecular flexibility index (Phi) is 3.20. The van der Waals surface area contributed by atoms with Gasteiger partial charge in [-0.2, -0.15) is 0 Å². The van der Waals surface area contributed by atoms with Gasteiger partial charge in [-0.25, -0.2) is 4.98 Å². The van der Waals surface area contributed by atoms with Crippen molar-refractivity contribution in [1.29, 1.82) is 0 Å². The highest BCUT2D eigenvalue weighted by molar-refractivity contribution is 7.21. The molecule has 0 aliphatic heterocycles. The lowest BCUT2D eigenvalue weighted by Gasteiger charge is -1.92. The van der Waals surface area contributed by atoms with Gasteiger partial charge in [-0.3, -0.25) is 9.59 Å². The Morgan fingerprint density at radius 1 is 1.20 bits per heavy atom. The summed E-state index contributed by atoms with van der Waals surface area (Å²) in [5, 5.41) is 0.730. The first kappa shape index (κ1) is 12.7. The van der Waals surface area contributed by atoms with E-state index >= 15 is 0 Å². The van der Waals surface area contributed by atoms with Gasteiger partial charge in [0.2, 0.25) is 5.78 Å². The van der Waals surface area contributed by atoms with E-state index in [0.29, 0.717) is 5.76 Å². The summed E-state index contributed by atoms with van der Waals surface area (Å²) in [6.07, 6.45) is -0.132. The van der Waals surface area contributed by atoms with Crippen molar-refractivity contribution in [3.63, 3.8) is 0 Å². The van der Waals surface area contributed by atoms with Crippen LogP contribution in [0.4, 0.5) is 0 Å². The number of carbonyl (C=O) groups is 2. The van der Waals surface area contributed by atoms with E-state index in [-0.39, 0.29) is 23.7 Å². The largest absolute Gasteiger partial charge is 0.450 e. The van der Waals surface area contributed by atoms with Crippen molar-refractivity contribution in [2.75, 3.05) is 0 Å². The second-order valence-corrected chi connectivity index (χ2v) is 5.48. The summed E-state index contributed by atoms with van der Waals surface area (Å²) in [7, 11) is 0. The number of ketones is 2. The van der Waals surface area contributed by atoms with E-state index in [2.05, 4.69) is 4.98 Å². The lowest BCUT2D eigenvalue weighted by Crippen LogP contribution is -2.03. The Bertz CT molecular complexity index is 767. The molecule has 0 atom stereocenters. The Labute approximate surface area is 119 Å². The molecule has 0 N–H and O–H groups in total. The zero-order chi connectivity index (χ0) is 14.1. The van der Waals surface area contributed by atoms with Gasteiger partial charge < -0.3 is 4.42 Å². The van der Waals surface area contributed by atoms with Gasteiger partial charge in [0.25, 0.3) is 0 Å². The van der Waals surface area contributed by atoms with Crippen LogP contribution in [0.3, 0.4) is 0 Å². The van der Waals surface area contributed by atoms with Crippen molar-refractivity contribution < 1.29 is 14.0 Å². The van der Waals surface area contributed by atoms with Crippen LogP contribution in [0.15, 0.2) is 40.8 Å². The number of furan rings is 1. The summed E-state index contributed by atoms with van der Waals surface area (Å²) in [6, 6.07) is 11.1. The molecule has 0 spiro atoms. The Morgan fingerprint density at radius 2 is 2.00 bits per heavy atom. The maximum absolute atomic E-state index is 11.7. The SMILES string of the molecule is CC(=O)CC(=O)c1ccc(-c2nc3ccccc3s2)o1. The fraction of sp³-hybridized carbons (Fsp3) is 0.133. The second-order valence-electron chi connectivity index (χ2n) is 4.45. The monoisotopic (exact) mass is 285 g/mol. The molecule has 0 fully saturated rings. The van der Waals surface area contributed by atoms with Crippen molar-refractivity contribution in [3.05, 3.63) is 42.2 Å². The van der Waals surface area contributed by atoms with E-state index in [9.17, 15) is 9.59 Å². The van der Waals surface area contributed by atoms with Crippen LogP contribution >= 0.6 is 11.3 Å². The van der Waals surface area contributed by atoms with Crippen molar-refractivity contribution in [2.24, 2.45) is 0 Å². The number of benzene rings is 1. The molecular weight excluding hydrogens is 274 g/mol. The van der Waals surface area contributed by atoms with E-state index in [1.54, 1.807) is 12.1 Å². The summed E-state index contributed by atoms with van der Waals surface area (Å²) in [4.78, 5) is 27.2. The molecule has 0 saturated carbocycles. The number of thiazole rings is 1. The Balaban J connectivity index is 1.93. The molecule has 0 bridgehead atoms. The van der Waals surface area contributed by atoms with Gasteiger partial charge in [-0.1, -0.05) is 12.1 Å². The van der Waals surface area contributed by atoms with Crippen molar-refractivity contribution in [3.8, 4) is 10.8 Å². The van der Waals surface area contributed by atoms with E-state index in [0.717, 1.165) is 15.2 Å². The maximum atomic E-state index is 11.7. The number of aromatic nitrogens is 1. The minimum atomic E-state index is -0.301. The zero-order valence-corrected chi connectivity index (χ0v) is 11.6. The summed E-state index contributed by atoms with van der Waals surface area (Å²) < 4.78 is 6.57. The number of rotatable bonds is 4. The molecule has 0 saturated heterocycles. The maximum Gasteiger partial charge on any atom is 0.205 e. The lowest BCUT2D eigenvalue weighted by molar-refractivity contribution is -0.116. The van der Waals surface area contributed by atoms with Crippen molar-refractivity contribution in [1.82, 2.24) is 4.98 Å². The molecule has 4 nitrogen and oxygen atoms in total.